The topological polar surface area (TPSA) is 6.48 Å². The van der Waals surface area contributed by atoms with Crippen LogP contribution in [-0.4, -0.2) is 48.6 Å². The first-order valence-electron chi connectivity index (χ1n) is 8.26. The van der Waals surface area contributed by atoms with Crippen LogP contribution >= 0.6 is 0 Å². The summed E-state index contributed by atoms with van der Waals surface area (Å²) < 4.78 is 0. The van der Waals surface area contributed by atoms with Gasteiger partial charge in [0, 0.05) is 19.1 Å². The largest absolute Gasteiger partial charge is 0.303 e. The molecule has 0 aromatic carbocycles. The van der Waals surface area contributed by atoms with E-state index in [1.165, 1.54) is 52.0 Å². The molecular formula is C16H32N2. The van der Waals surface area contributed by atoms with E-state index >= 15 is 0 Å². The van der Waals surface area contributed by atoms with Gasteiger partial charge < -0.3 is 4.90 Å². The minimum Gasteiger partial charge on any atom is -0.303 e. The van der Waals surface area contributed by atoms with Crippen LogP contribution in [0.3, 0.4) is 0 Å². The molecule has 2 heteroatoms. The van der Waals surface area contributed by atoms with Crippen molar-refractivity contribution >= 4 is 0 Å². The maximum absolute atomic E-state index is 2.80. The van der Waals surface area contributed by atoms with E-state index in [4.69, 9.17) is 0 Å². The molecule has 1 saturated carbocycles. The lowest BCUT2D eigenvalue weighted by Gasteiger charge is -2.37. The first-order valence-corrected chi connectivity index (χ1v) is 8.26. The van der Waals surface area contributed by atoms with E-state index in [0.29, 0.717) is 0 Å². The molecule has 1 aliphatic carbocycles. The molecular weight excluding hydrogens is 220 g/mol. The van der Waals surface area contributed by atoms with Crippen molar-refractivity contribution in [3.05, 3.63) is 0 Å². The highest BCUT2D eigenvalue weighted by Crippen LogP contribution is 2.52. The Labute approximate surface area is 114 Å². The fourth-order valence-corrected chi connectivity index (χ4v) is 3.98. The monoisotopic (exact) mass is 252 g/mol. The molecule has 2 aliphatic heterocycles. The fourth-order valence-electron chi connectivity index (χ4n) is 3.98. The number of nitrogens with zero attached hydrogens (tertiary/aromatic N) is 2. The van der Waals surface area contributed by atoms with Crippen molar-refractivity contribution in [1.82, 2.24) is 9.80 Å². The Bertz CT molecular complexity index is 233. The second kappa shape index (κ2) is 6.38. The second-order valence-electron chi connectivity index (χ2n) is 6.21. The van der Waals surface area contributed by atoms with Gasteiger partial charge in [-0.3, -0.25) is 4.90 Å². The number of rotatable bonds is 3. The average Bonchev–Trinajstić information content (AvgIpc) is 2.84. The van der Waals surface area contributed by atoms with Crippen LogP contribution in [0.4, 0.5) is 0 Å². The van der Waals surface area contributed by atoms with Crippen LogP contribution in [0.25, 0.3) is 0 Å². The van der Waals surface area contributed by atoms with Crippen LogP contribution in [0.5, 0.6) is 0 Å². The summed E-state index contributed by atoms with van der Waals surface area (Å²) in [6.07, 6.45) is 4.16. The van der Waals surface area contributed by atoms with Crippen LogP contribution in [0.1, 0.15) is 47.0 Å². The van der Waals surface area contributed by atoms with Crippen molar-refractivity contribution < 1.29 is 0 Å². The van der Waals surface area contributed by atoms with Crippen LogP contribution < -0.4 is 0 Å². The van der Waals surface area contributed by atoms with Gasteiger partial charge in [-0.05, 0) is 56.7 Å². The lowest BCUT2D eigenvalue weighted by atomic mass is 10.0. The summed E-state index contributed by atoms with van der Waals surface area (Å²) in [4.78, 5) is 5.45. The molecule has 2 saturated heterocycles. The molecule has 2 heterocycles. The van der Waals surface area contributed by atoms with Gasteiger partial charge in [0.2, 0.25) is 0 Å². The van der Waals surface area contributed by atoms with Crippen LogP contribution in [0, 0.1) is 17.8 Å². The van der Waals surface area contributed by atoms with Crippen molar-refractivity contribution in [3.63, 3.8) is 0 Å². The highest BCUT2D eigenvalue weighted by atomic mass is 15.2. The Morgan fingerprint density at radius 1 is 1.00 bits per heavy atom. The quantitative estimate of drug-likeness (QED) is 0.761. The highest BCUT2D eigenvalue weighted by Gasteiger charge is 2.53. The minimum atomic E-state index is 0.924. The third kappa shape index (κ3) is 2.91. The number of likely N-dealkylation sites (tertiary alicyclic amines) is 2. The fraction of sp³-hybridized carbons (Fsp3) is 1.00. The van der Waals surface area contributed by atoms with E-state index in [1.807, 2.05) is 13.8 Å². The Hall–Kier alpha value is -0.0800. The number of fused-ring (bicyclic) bond motifs is 1. The van der Waals surface area contributed by atoms with Crippen molar-refractivity contribution in [1.29, 1.82) is 0 Å². The predicted octanol–water partition coefficient (Wildman–Crippen LogP) is 3.08. The van der Waals surface area contributed by atoms with Crippen molar-refractivity contribution in [2.45, 2.75) is 53.0 Å². The highest BCUT2D eigenvalue weighted by molar-refractivity contribution is 5.04. The summed E-state index contributed by atoms with van der Waals surface area (Å²) in [7, 11) is 0. The van der Waals surface area contributed by atoms with Gasteiger partial charge in [0.1, 0.15) is 0 Å². The standard InChI is InChI=1S/C14H26N2.C2H6/c1-3-6-15-7-4-12(5-8-15)16-9-13-11(2)14(13)10-16;1-2/h11-14H,3-10H2,1-2H3;1-2H3. The van der Waals surface area contributed by atoms with E-state index in [1.54, 1.807) is 0 Å². The molecule has 3 fully saturated rings. The Morgan fingerprint density at radius 3 is 2.06 bits per heavy atom. The van der Waals surface area contributed by atoms with E-state index in [0.717, 1.165) is 23.8 Å². The van der Waals surface area contributed by atoms with Gasteiger partial charge in [-0.2, -0.15) is 0 Å². The van der Waals surface area contributed by atoms with Gasteiger partial charge in [0.25, 0.3) is 0 Å². The lowest BCUT2D eigenvalue weighted by Crippen LogP contribution is -2.45. The minimum absolute atomic E-state index is 0.924. The Kier molecular flexibility index (Phi) is 5.08. The molecule has 2 atom stereocenters. The smallest absolute Gasteiger partial charge is 0.0120 e. The molecule has 3 aliphatic rings. The molecule has 2 nitrogen and oxygen atoms in total. The number of hydrogen-bond acceptors (Lipinski definition) is 2. The molecule has 106 valence electrons. The molecule has 0 spiro atoms. The van der Waals surface area contributed by atoms with Gasteiger partial charge in [-0.1, -0.05) is 27.7 Å². The summed E-state index contributed by atoms with van der Waals surface area (Å²) in [5.74, 6) is 3.21. The first-order chi connectivity index (χ1) is 8.79. The molecule has 0 radical (unpaired) electrons. The SMILES string of the molecule is CC.CCCN1CCC(N2CC3C(C)C3C2)CC1. The van der Waals surface area contributed by atoms with Gasteiger partial charge in [-0.15, -0.1) is 0 Å². The molecule has 2 unspecified atom stereocenters. The van der Waals surface area contributed by atoms with Gasteiger partial charge in [0.05, 0.1) is 0 Å². The summed E-state index contributed by atoms with van der Waals surface area (Å²) in [5, 5.41) is 0. The maximum atomic E-state index is 2.80. The molecule has 0 amide bonds. The zero-order valence-corrected chi connectivity index (χ0v) is 12.9. The third-order valence-electron chi connectivity index (χ3n) is 5.26. The predicted molar refractivity (Wildman–Crippen MR) is 78.8 cm³/mol. The molecule has 3 rings (SSSR count). The van der Waals surface area contributed by atoms with Crippen molar-refractivity contribution in [2.24, 2.45) is 17.8 Å². The maximum Gasteiger partial charge on any atom is 0.0120 e. The average molecular weight is 252 g/mol. The van der Waals surface area contributed by atoms with E-state index in [9.17, 15) is 0 Å². The van der Waals surface area contributed by atoms with Gasteiger partial charge >= 0.3 is 0 Å². The molecule has 0 aromatic rings. The normalized spacial score (nSPS) is 37.0. The van der Waals surface area contributed by atoms with Crippen molar-refractivity contribution in [3.8, 4) is 0 Å². The molecule has 0 aromatic heterocycles. The number of piperidine rings is 2. The second-order valence-corrected chi connectivity index (χ2v) is 6.21. The zero-order valence-electron chi connectivity index (χ0n) is 12.9. The Morgan fingerprint density at radius 2 is 1.56 bits per heavy atom. The van der Waals surface area contributed by atoms with E-state index in [2.05, 4.69) is 23.6 Å². The first kappa shape index (κ1) is 14.3. The van der Waals surface area contributed by atoms with Crippen LogP contribution in [-0.2, 0) is 0 Å². The van der Waals surface area contributed by atoms with Crippen molar-refractivity contribution in [2.75, 3.05) is 32.7 Å². The third-order valence-corrected chi connectivity index (χ3v) is 5.26. The molecule has 18 heavy (non-hydrogen) atoms. The summed E-state index contributed by atoms with van der Waals surface area (Å²) in [6, 6.07) is 0.924. The van der Waals surface area contributed by atoms with Gasteiger partial charge in [0.15, 0.2) is 0 Å². The van der Waals surface area contributed by atoms with Crippen LogP contribution in [0.2, 0.25) is 0 Å². The van der Waals surface area contributed by atoms with E-state index in [-0.39, 0.29) is 0 Å². The molecule has 0 N–H and O–H groups in total. The molecule has 0 bridgehead atoms. The lowest BCUT2D eigenvalue weighted by molar-refractivity contribution is 0.114. The van der Waals surface area contributed by atoms with E-state index < -0.39 is 0 Å². The van der Waals surface area contributed by atoms with Gasteiger partial charge in [-0.25, -0.2) is 0 Å². The number of hydrogen-bond donors (Lipinski definition) is 0. The summed E-state index contributed by atoms with van der Waals surface area (Å²) >= 11 is 0. The summed E-state index contributed by atoms with van der Waals surface area (Å²) in [5.41, 5.74) is 0. The van der Waals surface area contributed by atoms with Crippen LogP contribution in [0.15, 0.2) is 0 Å². The Balaban J connectivity index is 0.000000574. The zero-order chi connectivity index (χ0) is 13.1. The summed E-state index contributed by atoms with van der Waals surface area (Å²) in [6.45, 7) is 15.6.